The van der Waals surface area contributed by atoms with Crippen LogP contribution in [-0.2, 0) is 17.9 Å². The van der Waals surface area contributed by atoms with Gasteiger partial charge >= 0.3 is 0 Å². The second kappa shape index (κ2) is 10.1. The van der Waals surface area contributed by atoms with Crippen molar-refractivity contribution in [1.29, 1.82) is 0 Å². The molecule has 0 aliphatic heterocycles. The smallest absolute Gasteiger partial charge is 0.258 e. The Hall–Kier alpha value is -2.34. The van der Waals surface area contributed by atoms with Gasteiger partial charge in [0.2, 0.25) is 5.91 Å². The van der Waals surface area contributed by atoms with Crippen molar-refractivity contribution in [2.75, 3.05) is 11.9 Å². The summed E-state index contributed by atoms with van der Waals surface area (Å²) in [6.45, 7) is 7.65. The number of fused-ring (bicyclic) bond motifs is 1. The first-order valence-corrected chi connectivity index (χ1v) is 11.3. The number of unbranched alkanes of at least 4 members (excludes halogenated alkanes) is 1. The Balaban J connectivity index is 2.07. The summed E-state index contributed by atoms with van der Waals surface area (Å²) in [6.07, 6.45) is 6.06. The van der Waals surface area contributed by atoms with E-state index in [1.54, 1.807) is 10.6 Å². The Bertz CT molecular complexity index is 943. The number of amides is 1. The number of nitrogens with two attached hydrogens (primary N) is 1. The molecular formula is C24H35N3O3. The van der Waals surface area contributed by atoms with E-state index in [1.165, 1.54) is 0 Å². The van der Waals surface area contributed by atoms with Gasteiger partial charge in [0.15, 0.2) is 0 Å². The van der Waals surface area contributed by atoms with Crippen molar-refractivity contribution < 1.29 is 9.53 Å². The Morgan fingerprint density at radius 3 is 2.63 bits per heavy atom. The normalized spacial score (nSPS) is 14.6. The van der Waals surface area contributed by atoms with Gasteiger partial charge in [-0.2, -0.15) is 0 Å². The molecule has 1 saturated carbocycles. The second-order valence-electron chi connectivity index (χ2n) is 8.72. The van der Waals surface area contributed by atoms with Crippen LogP contribution in [0.15, 0.2) is 23.0 Å². The molecule has 0 atom stereocenters. The van der Waals surface area contributed by atoms with E-state index in [4.69, 9.17) is 10.5 Å². The molecule has 0 bridgehead atoms. The predicted octanol–water partition coefficient (Wildman–Crippen LogP) is 4.42. The van der Waals surface area contributed by atoms with Gasteiger partial charge in [-0.05, 0) is 43.4 Å². The fourth-order valence-corrected chi connectivity index (χ4v) is 4.22. The predicted molar refractivity (Wildman–Crippen MR) is 122 cm³/mol. The van der Waals surface area contributed by atoms with Crippen molar-refractivity contribution in [3.8, 4) is 5.75 Å². The van der Waals surface area contributed by atoms with Crippen molar-refractivity contribution in [2.24, 2.45) is 17.6 Å². The van der Waals surface area contributed by atoms with Crippen LogP contribution in [0.2, 0.25) is 0 Å². The Kier molecular flexibility index (Phi) is 7.53. The van der Waals surface area contributed by atoms with Crippen LogP contribution >= 0.6 is 0 Å². The van der Waals surface area contributed by atoms with Gasteiger partial charge in [-0.25, -0.2) is 0 Å². The highest BCUT2D eigenvalue weighted by Gasteiger charge is 2.23. The highest BCUT2D eigenvalue weighted by atomic mass is 16.5. The van der Waals surface area contributed by atoms with Gasteiger partial charge in [0.05, 0.1) is 17.7 Å². The summed E-state index contributed by atoms with van der Waals surface area (Å²) < 4.78 is 7.92. The SMILES string of the molecule is CCCCOc1c(CN)n(CC(C)C)c(=O)c2ccc(NC(=O)C3CCCC3)cc12. The highest BCUT2D eigenvalue weighted by Crippen LogP contribution is 2.32. The number of rotatable bonds is 9. The van der Waals surface area contributed by atoms with Crippen LogP contribution in [0.3, 0.4) is 0 Å². The van der Waals surface area contributed by atoms with Crippen molar-refractivity contribution >= 4 is 22.4 Å². The monoisotopic (exact) mass is 413 g/mol. The molecule has 30 heavy (non-hydrogen) atoms. The van der Waals surface area contributed by atoms with Crippen LogP contribution < -0.4 is 21.3 Å². The maximum atomic E-state index is 13.2. The number of hydrogen-bond donors (Lipinski definition) is 2. The van der Waals surface area contributed by atoms with E-state index in [-0.39, 0.29) is 23.9 Å². The molecule has 1 heterocycles. The van der Waals surface area contributed by atoms with Gasteiger partial charge in [0.1, 0.15) is 5.75 Å². The van der Waals surface area contributed by atoms with Crippen LogP contribution in [0.4, 0.5) is 5.69 Å². The highest BCUT2D eigenvalue weighted by molar-refractivity contribution is 5.97. The van der Waals surface area contributed by atoms with Gasteiger partial charge in [-0.15, -0.1) is 0 Å². The molecule has 1 aromatic heterocycles. The van der Waals surface area contributed by atoms with E-state index in [0.717, 1.165) is 49.6 Å². The van der Waals surface area contributed by atoms with E-state index < -0.39 is 0 Å². The summed E-state index contributed by atoms with van der Waals surface area (Å²) in [5.74, 6) is 1.11. The largest absolute Gasteiger partial charge is 0.491 e. The fraction of sp³-hybridized carbons (Fsp3) is 0.583. The molecule has 3 N–H and O–H groups in total. The van der Waals surface area contributed by atoms with Gasteiger partial charge < -0.3 is 20.4 Å². The number of hydrogen-bond acceptors (Lipinski definition) is 4. The average Bonchev–Trinajstić information content (AvgIpc) is 3.26. The lowest BCUT2D eigenvalue weighted by Gasteiger charge is -2.21. The van der Waals surface area contributed by atoms with Crippen molar-refractivity contribution in [1.82, 2.24) is 4.57 Å². The standard InChI is InChI=1S/C24H35N3O3/c1-4-5-12-30-22-20-13-18(26-23(28)17-8-6-7-9-17)10-11-19(20)24(29)27(15-16(2)3)21(22)14-25/h10-11,13,16-17H,4-9,12,14-15,25H2,1-3H3,(H,26,28). The molecular weight excluding hydrogens is 378 g/mol. The molecule has 0 spiro atoms. The number of carbonyl (C=O) groups excluding carboxylic acids is 1. The van der Waals surface area contributed by atoms with Crippen LogP contribution in [-0.4, -0.2) is 17.1 Å². The lowest BCUT2D eigenvalue weighted by atomic mass is 10.1. The molecule has 6 nitrogen and oxygen atoms in total. The summed E-state index contributed by atoms with van der Waals surface area (Å²) in [5.41, 5.74) is 7.44. The summed E-state index contributed by atoms with van der Waals surface area (Å²) in [7, 11) is 0. The molecule has 164 valence electrons. The van der Waals surface area contributed by atoms with Crippen LogP contribution in [0.25, 0.3) is 10.8 Å². The third kappa shape index (κ3) is 4.86. The molecule has 0 unspecified atom stereocenters. The Labute approximate surface area is 178 Å². The van der Waals surface area contributed by atoms with Crippen LogP contribution in [0.5, 0.6) is 5.75 Å². The van der Waals surface area contributed by atoms with E-state index in [2.05, 4.69) is 26.1 Å². The number of ether oxygens (including phenoxy) is 1. The molecule has 0 radical (unpaired) electrons. The van der Waals surface area contributed by atoms with Crippen LogP contribution in [0.1, 0.15) is 65.0 Å². The number of anilines is 1. The molecule has 1 fully saturated rings. The van der Waals surface area contributed by atoms with Gasteiger partial charge in [0, 0.05) is 30.1 Å². The first-order chi connectivity index (χ1) is 14.5. The van der Waals surface area contributed by atoms with E-state index in [1.807, 2.05) is 12.1 Å². The topological polar surface area (TPSA) is 86.3 Å². The second-order valence-corrected chi connectivity index (χ2v) is 8.72. The molecule has 1 amide bonds. The first-order valence-electron chi connectivity index (χ1n) is 11.3. The Morgan fingerprint density at radius 1 is 1.27 bits per heavy atom. The fourth-order valence-electron chi connectivity index (χ4n) is 4.22. The zero-order chi connectivity index (χ0) is 21.7. The summed E-state index contributed by atoms with van der Waals surface area (Å²) in [4.78, 5) is 25.8. The van der Waals surface area contributed by atoms with Gasteiger partial charge in [-0.3, -0.25) is 9.59 Å². The minimum atomic E-state index is -0.0596. The minimum Gasteiger partial charge on any atom is -0.491 e. The first kappa shape index (κ1) is 22.3. The summed E-state index contributed by atoms with van der Waals surface area (Å²) in [6, 6.07) is 5.48. The number of nitrogens with zero attached hydrogens (tertiary/aromatic N) is 1. The zero-order valence-electron chi connectivity index (χ0n) is 18.5. The minimum absolute atomic E-state index is 0.0596. The van der Waals surface area contributed by atoms with Crippen molar-refractivity contribution in [2.45, 2.75) is 72.4 Å². The molecule has 1 aliphatic carbocycles. The van der Waals surface area contributed by atoms with E-state index in [9.17, 15) is 9.59 Å². The summed E-state index contributed by atoms with van der Waals surface area (Å²) >= 11 is 0. The lowest BCUT2D eigenvalue weighted by Crippen LogP contribution is -2.28. The number of nitrogens with one attached hydrogen (secondary N) is 1. The van der Waals surface area contributed by atoms with E-state index >= 15 is 0 Å². The molecule has 0 saturated heterocycles. The lowest BCUT2D eigenvalue weighted by molar-refractivity contribution is -0.119. The van der Waals surface area contributed by atoms with Crippen molar-refractivity contribution in [3.05, 3.63) is 34.2 Å². The molecule has 3 rings (SSSR count). The quantitative estimate of drug-likeness (QED) is 0.596. The maximum absolute atomic E-state index is 13.2. The molecule has 6 heteroatoms. The number of benzene rings is 1. The van der Waals surface area contributed by atoms with Crippen LogP contribution in [0, 0.1) is 11.8 Å². The Morgan fingerprint density at radius 2 is 2.00 bits per heavy atom. The number of aromatic nitrogens is 1. The third-order valence-corrected chi connectivity index (χ3v) is 5.81. The molecule has 1 aromatic carbocycles. The zero-order valence-corrected chi connectivity index (χ0v) is 18.5. The number of carbonyl (C=O) groups is 1. The van der Waals surface area contributed by atoms with Gasteiger partial charge in [0.25, 0.3) is 5.56 Å². The number of pyridine rings is 1. The molecule has 1 aliphatic rings. The summed E-state index contributed by atoms with van der Waals surface area (Å²) in [5, 5.41) is 4.36. The maximum Gasteiger partial charge on any atom is 0.258 e. The van der Waals surface area contributed by atoms with E-state index in [0.29, 0.717) is 35.9 Å². The molecule has 2 aromatic rings. The van der Waals surface area contributed by atoms with Gasteiger partial charge in [-0.1, -0.05) is 40.0 Å². The average molecular weight is 414 g/mol. The third-order valence-electron chi connectivity index (χ3n) is 5.81. The van der Waals surface area contributed by atoms with Crippen molar-refractivity contribution in [3.63, 3.8) is 0 Å².